The number of aromatic nitrogens is 1. The minimum Gasteiger partial charge on any atom is -0.497 e. The van der Waals surface area contributed by atoms with Crippen molar-refractivity contribution in [2.24, 2.45) is 0 Å². The highest BCUT2D eigenvalue weighted by atomic mass is 32.1. The van der Waals surface area contributed by atoms with E-state index in [4.69, 9.17) is 4.74 Å². The van der Waals surface area contributed by atoms with Crippen molar-refractivity contribution in [3.8, 4) is 5.75 Å². The molecule has 0 saturated carbocycles. The van der Waals surface area contributed by atoms with Crippen LogP contribution in [0.15, 0.2) is 29.6 Å². The molecule has 0 spiro atoms. The molecular formula is C17H24N2O2S. The number of aliphatic hydroxyl groups is 1. The van der Waals surface area contributed by atoms with Crippen LogP contribution >= 0.6 is 11.3 Å². The second-order valence-corrected chi connectivity index (χ2v) is 7.14. The summed E-state index contributed by atoms with van der Waals surface area (Å²) in [6.07, 6.45) is 0. The fourth-order valence-corrected chi connectivity index (χ4v) is 3.01. The van der Waals surface area contributed by atoms with Crippen molar-refractivity contribution in [3.05, 3.63) is 45.9 Å². The lowest BCUT2D eigenvalue weighted by Gasteiger charge is -2.17. The van der Waals surface area contributed by atoms with Gasteiger partial charge in [0.1, 0.15) is 5.75 Å². The third kappa shape index (κ3) is 4.29. The first kappa shape index (κ1) is 16.9. The topological polar surface area (TPSA) is 54.4 Å². The predicted molar refractivity (Wildman–Crippen MR) is 90.5 cm³/mol. The Balaban J connectivity index is 2.03. The zero-order valence-electron chi connectivity index (χ0n) is 13.6. The van der Waals surface area contributed by atoms with Crippen LogP contribution in [0, 0.1) is 0 Å². The maximum atomic E-state index is 9.63. The van der Waals surface area contributed by atoms with Crippen molar-refractivity contribution in [1.82, 2.24) is 10.3 Å². The Labute approximate surface area is 136 Å². The monoisotopic (exact) mass is 320 g/mol. The van der Waals surface area contributed by atoms with Gasteiger partial charge in [-0.2, -0.15) is 0 Å². The smallest absolute Gasteiger partial charge is 0.119 e. The van der Waals surface area contributed by atoms with E-state index < -0.39 is 0 Å². The fraction of sp³-hybridized carbons (Fsp3) is 0.471. The van der Waals surface area contributed by atoms with Crippen molar-refractivity contribution >= 4 is 11.3 Å². The number of methoxy groups -OCH3 is 1. The molecule has 1 aromatic carbocycles. The third-order valence-electron chi connectivity index (χ3n) is 3.40. The second kappa shape index (κ2) is 7.22. The lowest BCUT2D eigenvalue weighted by atomic mass is 9.98. The molecule has 0 bridgehead atoms. The third-order valence-corrected chi connectivity index (χ3v) is 4.72. The van der Waals surface area contributed by atoms with Crippen LogP contribution in [0.25, 0.3) is 0 Å². The minimum atomic E-state index is -0.130. The van der Waals surface area contributed by atoms with E-state index in [-0.39, 0.29) is 18.1 Å². The summed E-state index contributed by atoms with van der Waals surface area (Å²) < 4.78 is 5.23. The Morgan fingerprint density at radius 2 is 2.14 bits per heavy atom. The second-order valence-electron chi connectivity index (χ2n) is 6.29. The molecule has 0 radical (unpaired) electrons. The first-order chi connectivity index (χ1) is 10.4. The maximum Gasteiger partial charge on any atom is 0.119 e. The quantitative estimate of drug-likeness (QED) is 0.858. The van der Waals surface area contributed by atoms with Crippen molar-refractivity contribution < 1.29 is 9.84 Å². The van der Waals surface area contributed by atoms with E-state index in [2.05, 4.69) is 36.5 Å². The highest BCUT2D eigenvalue weighted by Gasteiger charge is 2.18. The van der Waals surface area contributed by atoms with Gasteiger partial charge in [0.25, 0.3) is 0 Å². The summed E-state index contributed by atoms with van der Waals surface area (Å²) in [7, 11) is 1.64. The molecule has 5 heteroatoms. The zero-order valence-corrected chi connectivity index (χ0v) is 14.4. The summed E-state index contributed by atoms with van der Waals surface area (Å²) >= 11 is 1.68. The fourth-order valence-electron chi connectivity index (χ4n) is 2.11. The van der Waals surface area contributed by atoms with Crippen molar-refractivity contribution in [2.45, 2.75) is 38.8 Å². The number of aliphatic hydroxyl groups excluding tert-OH is 1. The Kier molecular flexibility index (Phi) is 5.56. The van der Waals surface area contributed by atoms with Gasteiger partial charge in [-0.3, -0.25) is 0 Å². The highest BCUT2D eigenvalue weighted by Crippen LogP contribution is 2.26. The van der Waals surface area contributed by atoms with Gasteiger partial charge in [0.2, 0.25) is 0 Å². The summed E-state index contributed by atoms with van der Waals surface area (Å²) in [4.78, 5) is 4.66. The van der Waals surface area contributed by atoms with Gasteiger partial charge in [-0.05, 0) is 17.7 Å². The van der Waals surface area contributed by atoms with Crippen LogP contribution in [0.1, 0.15) is 43.1 Å². The van der Waals surface area contributed by atoms with Gasteiger partial charge in [0.05, 0.1) is 30.5 Å². The average molecular weight is 320 g/mol. The standard InChI is InChI=1S/C17H24N2O2S/c1-17(2,3)16-19-13(11-22-16)9-18-15(10-20)12-6-5-7-14(8-12)21-4/h5-8,11,15,18,20H,9-10H2,1-4H3. The lowest BCUT2D eigenvalue weighted by molar-refractivity contribution is 0.243. The van der Waals surface area contributed by atoms with Crippen LogP contribution in [-0.4, -0.2) is 23.8 Å². The molecule has 0 saturated heterocycles. The highest BCUT2D eigenvalue weighted by molar-refractivity contribution is 7.09. The van der Waals surface area contributed by atoms with E-state index in [9.17, 15) is 5.11 Å². The molecule has 1 unspecified atom stereocenters. The molecule has 0 aliphatic rings. The first-order valence-electron chi connectivity index (χ1n) is 7.37. The Morgan fingerprint density at radius 3 is 2.73 bits per heavy atom. The molecule has 120 valence electrons. The van der Waals surface area contributed by atoms with Gasteiger partial charge in [0.15, 0.2) is 0 Å². The first-order valence-corrected chi connectivity index (χ1v) is 8.25. The molecule has 1 atom stereocenters. The van der Waals surface area contributed by atoms with Gasteiger partial charge in [-0.1, -0.05) is 32.9 Å². The van der Waals surface area contributed by atoms with Gasteiger partial charge in [0, 0.05) is 17.3 Å². The average Bonchev–Trinajstić information content (AvgIpc) is 2.97. The van der Waals surface area contributed by atoms with E-state index in [0.29, 0.717) is 6.54 Å². The van der Waals surface area contributed by atoms with E-state index in [0.717, 1.165) is 22.0 Å². The van der Waals surface area contributed by atoms with Crippen LogP contribution < -0.4 is 10.1 Å². The van der Waals surface area contributed by atoms with E-state index >= 15 is 0 Å². The molecule has 1 aromatic heterocycles. The van der Waals surface area contributed by atoms with Crippen LogP contribution in [0.5, 0.6) is 5.75 Å². The normalized spacial score (nSPS) is 13.1. The molecule has 22 heavy (non-hydrogen) atoms. The van der Waals surface area contributed by atoms with Gasteiger partial charge in [-0.25, -0.2) is 4.98 Å². The molecule has 0 amide bonds. The number of hydrogen-bond donors (Lipinski definition) is 2. The SMILES string of the molecule is COc1cccc(C(CO)NCc2csc(C(C)(C)C)n2)c1. The Morgan fingerprint density at radius 1 is 1.36 bits per heavy atom. The zero-order chi connectivity index (χ0) is 16.2. The summed E-state index contributed by atoms with van der Waals surface area (Å²) in [5, 5.41) is 16.2. The molecule has 2 aromatic rings. The molecular weight excluding hydrogens is 296 g/mol. The Bertz CT molecular complexity index is 605. The van der Waals surface area contributed by atoms with E-state index in [1.807, 2.05) is 24.3 Å². The summed E-state index contributed by atoms with van der Waals surface area (Å²) in [6.45, 7) is 7.15. The van der Waals surface area contributed by atoms with Gasteiger partial charge in [-0.15, -0.1) is 11.3 Å². The van der Waals surface area contributed by atoms with Crippen molar-refractivity contribution in [3.63, 3.8) is 0 Å². The molecule has 0 aliphatic carbocycles. The number of nitrogens with zero attached hydrogens (tertiary/aromatic N) is 1. The molecule has 2 N–H and O–H groups in total. The predicted octanol–water partition coefficient (Wildman–Crippen LogP) is 3.27. The van der Waals surface area contributed by atoms with Gasteiger partial charge >= 0.3 is 0 Å². The van der Waals surface area contributed by atoms with Crippen molar-refractivity contribution in [1.29, 1.82) is 0 Å². The number of ether oxygens (including phenoxy) is 1. The van der Waals surface area contributed by atoms with Crippen LogP contribution in [0.2, 0.25) is 0 Å². The van der Waals surface area contributed by atoms with E-state index in [1.165, 1.54) is 0 Å². The number of hydrogen-bond acceptors (Lipinski definition) is 5. The molecule has 2 rings (SSSR count). The summed E-state index contributed by atoms with van der Waals surface area (Å²) in [5.41, 5.74) is 2.09. The molecule has 0 fully saturated rings. The molecule has 0 aliphatic heterocycles. The lowest BCUT2D eigenvalue weighted by Crippen LogP contribution is -2.24. The van der Waals surface area contributed by atoms with Crippen LogP contribution in [0.4, 0.5) is 0 Å². The minimum absolute atomic E-state index is 0.0312. The van der Waals surface area contributed by atoms with Gasteiger partial charge < -0.3 is 15.2 Å². The number of rotatable bonds is 6. The Hall–Kier alpha value is -1.43. The van der Waals surface area contributed by atoms with Crippen LogP contribution in [-0.2, 0) is 12.0 Å². The summed E-state index contributed by atoms with van der Waals surface area (Å²) in [6, 6.07) is 7.62. The van der Waals surface area contributed by atoms with E-state index in [1.54, 1.807) is 18.4 Å². The van der Waals surface area contributed by atoms with Crippen LogP contribution in [0.3, 0.4) is 0 Å². The molecule has 1 heterocycles. The number of benzene rings is 1. The largest absolute Gasteiger partial charge is 0.497 e. The summed E-state index contributed by atoms with van der Waals surface area (Å²) in [5.74, 6) is 0.793. The maximum absolute atomic E-state index is 9.63. The number of nitrogens with one attached hydrogen (secondary N) is 1. The van der Waals surface area contributed by atoms with Crippen molar-refractivity contribution in [2.75, 3.05) is 13.7 Å². The number of thiazole rings is 1. The molecule has 4 nitrogen and oxygen atoms in total.